The van der Waals surface area contributed by atoms with Crippen LogP contribution in [0.4, 0.5) is 0 Å². The number of methoxy groups -OCH3 is 1. The molecule has 0 aliphatic heterocycles. The van der Waals surface area contributed by atoms with Crippen LogP contribution in [0, 0.1) is 5.92 Å². The molecule has 0 radical (unpaired) electrons. The Morgan fingerprint density at radius 1 is 1.64 bits per heavy atom. The summed E-state index contributed by atoms with van der Waals surface area (Å²) in [5, 5.41) is 0. The molecule has 3 nitrogen and oxygen atoms in total. The Balaban J connectivity index is 2.85. The summed E-state index contributed by atoms with van der Waals surface area (Å²) in [6, 6.07) is 0. The maximum absolute atomic E-state index is 10.5. The van der Waals surface area contributed by atoms with E-state index in [-0.39, 0.29) is 5.92 Å². The van der Waals surface area contributed by atoms with Crippen molar-refractivity contribution in [3.63, 3.8) is 0 Å². The highest BCUT2D eigenvalue weighted by atomic mass is 16.5. The van der Waals surface area contributed by atoms with Crippen molar-refractivity contribution < 1.29 is 9.53 Å². The van der Waals surface area contributed by atoms with Gasteiger partial charge in [0.2, 0.25) is 0 Å². The summed E-state index contributed by atoms with van der Waals surface area (Å²) in [4.78, 5) is 10.5. The number of carbonyl (C=O) groups excluding carboxylic acids is 1. The molecule has 0 saturated carbocycles. The predicted octanol–water partition coefficient (Wildman–Crippen LogP) is 0.229. The molecule has 1 aliphatic carbocycles. The Morgan fingerprint density at radius 3 is 2.82 bits per heavy atom. The second kappa shape index (κ2) is 2.98. The summed E-state index contributed by atoms with van der Waals surface area (Å²) in [6.45, 7) is 0. The highest BCUT2D eigenvalue weighted by Gasteiger charge is 2.31. The molecule has 1 aliphatic rings. The fourth-order valence-corrected chi connectivity index (χ4v) is 1.01. The van der Waals surface area contributed by atoms with E-state index in [4.69, 9.17) is 10.5 Å². The van der Waals surface area contributed by atoms with E-state index in [1.807, 2.05) is 0 Å². The normalized spacial score (nSPS) is 35.6. The first-order chi connectivity index (χ1) is 5.23. The highest BCUT2D eigenvalue weighted by molar-refractivity contribution is 5.60. The average Bonchev–Trinajstić information content (AvgIpc) is 2.05. The van der Waals surface area contributed by atoms with Crippen LogP contribution in [0.3, 0.4) is 0 Å². The van der Waals surface area contributed by atoms with Gasteiger partial charge in [-0.2, -0.15) is 0 Å². The van der Waals surface area contributed by atoms with Gasteiger partial charge >= 0.3 is 0 Å². The topological polar surface area (TPSA) is 52.3 Å². The van der Waals surface area contributed by atoms with Crippen LogP contribution in [-0.2, 0) is 9.53 Å². The molecule has 0 aromatic rings. The average molecular weight is 153 g/mol. The molecule has 0 saturated heterocycles. The van der Waals surface area contributed by atoms with E-state index in [0.29, 0.717) is 0 Å². The van der Waals surface area contributed by atoms with Gasteiger partial charge in [0.05, 0.1) is 5.92 Å². The monoisotopic (exact) mass is 153 g/mol. The molecule has 2 N–H and O–H groups in total. The van der Waals surface area contributed by atoms with Gasteiger partial charge in [0.15, 0.2) is 0 Å². The Kier molecular flexibility index (Phi) is 2.22. The third kappa shape index (κ3) is 1.39. The van der Waals surface area contributed by atoms with Crippen LogP contribution in [0.25, 0.3) is 0 Å². The number of hydrogen-bond donors (Lipinski definition) is 1. The van der Waals surface area contributed by atoms with E-state index in [0.717, 1.165) is 6.29 Å². The number of ether oxygens (including phenoxy) is 1. The summed E-state index contributed by atoms with van der Waals surface area (Å²) >= 11 is 0. The Morgan fingerprint density at radius 2 is 2.36 bits per heavy atom. The molecule has 0 heterocycles. The number of aldehydes is 1. The highest BCUT2D eigenvalue weighted by Crippen LogP contribution is 2.20. The standard InChI is InChI=1S/C8H11NO2/c1-11-8(9)5-3-2-4-7(8)6-10/h2-7H,9H2,1H3. The van der Waals surface area contributed by atoms with Crippen LogP contribution >= 0.6 is 0 Å². The summed E-state index contributed by atoms with van der Waals surface area (Å²) in [5.41, 5.74) is 4.77. The number of nitrogens with two attached hydrogens (primary N) is 1. The van der Waals surface area contributed by atoms with E-state index in [9.17, 15) is 4.79 Å². The number of rotatable bonds is 2. The van der Waals surface area contributed by atoms with Gasteiger partial charge in [0.1, 0.15) is 12.0 Å². The molecule has 0 aromatic carbocycles. The first-order valence-electron chi connectivity index (χ1n) is 3.38. The fraction of sp³-hybridized carbons (Fsp3) is 0.375. The zero-order valence-electron chi connectivity index (χ0n) is 6.36. The van der Waals surface area contributed by atoms with E-state index in [2.05, 4.69) is 0 Å². The molecule has 0 bridgehead atoms. The van der Waals surface area contributed by atoms with E-state index < -0.39 is 5.72 Å². The van der Waals surface area contributed by atoms with Gasteiger partial charge in [0, 0.05) is 7.11 Å². The van der Waals surface area contributed by atoms with E-state index in [1.165, 1.54) is 7.11 Å². The quantitative estimate of drug-likeness (QED) is 0.456. The van der Waals surface area contributed by atoms with Gasteiger partial charge < -0.3 is 9.53 Å². The molecule has 0 fully saturated rings. The Hall–Kier alpha value is -0.930. The summed E-state index contributed by atoms with van der Waals surface area (Å²) < 4.78 is 4.99. The van der Waals surface area contributed by atoms with Crippen molar-refractivity contribution in [1.29, 1.82) is 0 Å². The van der Waals surface area contributed by atoms with Gasteiger partial charge in [-0.1, -0.05) is 18.2 Å². The van der Waals surface area contributed by atoms with Crippen LogP contribution in [0.1, 0.15) is 0 Å². The zero-order valence-corrected chi connectivity index (χ0v) is 6.36. The molecule has 2 unspecified atom stereocenters. The minimum Gasteiger partial charge on any atom is -0.359 e. The first-order valence-corrected chi connectivity index (χ1v) is 3.38. The van der Waals surface area contributed by atoms with Crippen molar-refractivity contribution in [2.75, 3.05) is 7.11 Å². The van der Waals surface area contributed by atoms with E-state index in [1.54, 1.807) is 24.3 Å². The predicted molar refractivity (Wildman–Crippen MR) is 41.8 cm³/mol. The molecule has 0 spiro atoms. The van der Waals surface area contributed by atoms with Crippen LogP contribution in [-0.4, -0.2) is 19.1 Å². The van der Waals surface area contributed by atoms with Gasteiger partial charge in [-0.15, -0.1) is 0 Å². The lowest BCUT2D eigenvalue weighted by molar-refractivity contribution is -0.116. The molecule has 60 valence electrons. The third-order valence-electron chi connectivity index (χ3n) is 1.81. The van der Waals surface area contributed by atoms with Crippen molar-refractivity contribution in [1.82, 2.24) is 0 Å². The number of hydrogen-bond acceptors (Lipinski definition) is 3. The number of carbonyl (C=O) groups is 1. The van der Waals surface area contributed by atoms with Crippen molar-refractivity contribution in [3.05, 3.63) is 24.3 Å². The van der Waals surface area contributed by atoms with Crippen molar-refractivity contribution in [2.45, 2.75) is 5.72 Å². The lowest BCUT2D eigenvalue weighted by Gasteiger charge is -2.29. The SMILES string of the molecule is COC1(N)C=CC=CC1C=O. The van der Waals surface area contributed by atoms with Crippen molar-refractivity contribution in [2.24, 2.45) is 11.7 Å². The fourth-order valence-electron chi connectivity index (χ4n) is 1.01. The summed E-state index contributed by atoms with van der Waals surface area (Å²) in [7, 11) is 1.49. The zero-order chi connectivity index (χ0) is 8.32. The second-order valence-corrected chi connectivity index (χ2v) is 2.46. The smallest absolute Gasteiger partial charge is 0.148 e. The first kappa shape index (κ1) is 8.17. The molecular formula is C8H11NO2. The molecule has 0 amide bonds. The van der Waals surface area contributed by atoms with Gasteiger partial charge in [0.25, 0.3) is 0 Å². The molecular weight excluding hydrogens is 142 g/mol. The third-order valence-corrected chi connectivity index (χ3v) is 1.81. The van der Waals surface area contributed by atoms with Crippen molar-refractivity contribution in [3.8, 4) is 0 Å². The second-order valence-electron chi connectivity index (χ2n) is 2.46. The van der Waals surface area contributed by atoms with Crippen LogP contribution < -0.4 is 5.73 Å². The molecule has 2 atom stereocenters. The minimum atomic E-state index is -0.948. The number of allylic oxidation sites excluding steroid dienone is 2. The summed E-state index contributed by atoms with van der Waals surface area (Å²) in [6.07, 6.45) is 7.72. The molecule has 3 heteroatoms. The van der Waals surface area contributed by atoms with Crippen LogP contribution in [0.5, 0.6) is 0 Å². The molecule has 1 rings (SSSR count). The lowest BCUT2D eigenvalue weighted by atomic mass is 9.93. The van der Waals surface area contributed by atoms with Gasteiger partial charge in [-0.3, -0.25) is 5.73 Å². The maximum Gasteiger partial charge on any atom is 0.148 e. The maximum atomic E-state index is 10.5. The van der Waals surface area contributed by atoms with Crippen LogP contribution in [0.15, 0.2) is 24.3 Å². The minimum absolute atomic E-state index is 0.377. The Labute approximate surface area is 65.5 Å². The van der Waals surface area contributed by atoms with E-state index >= 15 is 0 Å². The van der Waals surface area contributed by atoms with Gasteiger partial charge in [-0.05, 0) is 6.08 Å². The van der Waals surface area contributed by atoms with Gasteiger partial charge in [-0.25, -0.2) is 0 Å². The van der Waals surface area contributed by atoms with Crippen molar-refractivity contribution >= 4 is 6.29 Å². The largest absolute Gasteiger partial charge is 0.359 e. The van der Waals surface area contributed by atoms with Crippen LogP contribution in [0.2, 0.25) is 0 Å². The molecule has 11 heavy (non-hydrogen) atoms. The Bertz CT molecular complexity index is 210. The summed E-state index contributed by atoms with van der Waals surface area (Å²) in [5.74, 6) is -0.377. The lowest BCUT2D eigenvalue weighted by Crippen LogP contribution is -2.47. The molecule has 0 aromatic heterocycles.